The molecule has 4 N–H and O–H groups in total. The van der Waals surface area contributed by atoms with Crippen molar-refractivity contribution in [2.24, 2.45) is 5.84 Å². The lowest BCUT2D eigenvalue weighted by Crippen LogP contribution is -2.44. The third-order valence-corrected chi connectivity index (χ3v) is 3.73. The van der Waals surface area contributed by atoms with Crippen LogP contribution in [-0.2, 0) is 11.3 Å². The van der Waals surface area contributed by atoms with Gasteiger partial charge in [-0.15, -0.1) is 0 Å². The van der Waals surface area contributed by atoms with Crippen LogP contribution >= 0.6 is 0 Å². The van der Waals surface area contributed by atoms with Crippen LogP contribution in [0.2, 0.25) is 0 Å². The largest absolute Gasteiger partial charge is 0.391 e. The minimum Gasteiger partial charge on any atom is -0.391 e. The highest BCUT2D eigenvalue weighted by Crippen LogP contribution is 2.26. The van der Waals surface area contributed by atoms with Gasteiger partial charge in [0.25, 0.3) is 0 Å². The van der Waals surface area contributed by atoms with Gasteiger partial charge in [-0.3, -0.25) is 0 Å². The molecule has 2 rings (SSSR count). The number of hydrogen-bond acceptors (Lipinski definition) is 7. The van der Waals surface area contributed by atoms with Crippen molar-refractivity contribution in [3.63, 3.8) is 0 Å². The second-order valence-electron chi connectivity index (χ2n) is 5.14. The van der Waals surface area contributed by atoms with Crippen molar-refractivity contribution >= 4 is 11.6 Å². The predicted octanol–water partition coefficient (Wildman–Crippen LogP) is 0.648. The quantitative estimate of drug-likeness (QED) is 0.538. The third-order valence-electron chi connectivity index (χ3n) is 3.73. The molecule has 7 nitrogen and oxygen atoms in total. The molecule has 20 heavy (non-hydrogen) atoms. The van der Waals surface area contributed by atoms with Crippen molar-refractivity contribution in [1.29, 1.82) is 0 Å². The minimum atomic E-state index is -0.316. The molecule has 1 aromatic heterocycles. The first-order valence-electron chi connectivity index (χ1n) is 6.90. The summed E-state index contributed by atoms with van der Waals surface area (Å²) < 4.78 is 5.07. The van der Waals surface area contributed by atoms with E-state index in [0.29, 0.717) is 18.2 Å². The highest BCUT2D eigenvalue weighted by Gasteiger charge is 2.27. The fourth-order valence-electron chi connectivity index (χ4n) is 2.64. The van der Waals surface area contributed by atoms with Crippen LogP contribution in [-0.4, -0.2) is 41.4 Å². The Morgan fingerprint density at radius 3 is 2.85 bits per heavy atom. The topological polar surface area (TPSA) is 96.5 Å². The average molecular weight is 281 g/mol. The van der Waals surface area contributed by atoms with E-state index in [1.807, 2.05) is 11.9 Å². The van der Waals surface area contributed by atoms with E-state index in [2.05, 4.69) is 15.4 Å². The van der Waals surface area contributed by atoms with Gasteiger partial charge >= 0.3 is 0 Å². The van der Waals surface area contributed by atoms with E-state index in [9.17, 15) is 5.11 Å². The van der Waals surface area contributed by atoms with Crippen molar-refractivity contribution < 1.29 is 9.84 Å². The molecule has 0 aliphatic heterocycles. The minimum absolute atomic E-state index is 0.0830. The molecule has 0 bridgehead atoms. The molecule has 0 aromatic carbocycles. The highest BCUT2D eigenvalue weighted by atomic mass is 16.5. The summed E-state index contributed by atoms with van der Waals surface area (Å²) in [5, 5.41) is 10.1. The molecule has 7 heteroatoms. The number of rotatable bonds is 5. The van der Waals surface area contributed by atoms with Crippen LogP contribution in [0.1, 0.15) is 31.5 Å². The van der Waals surface area contributed by atoms with Crippen LogP contribution < -0.4 is 16.2 Å². The Morgan fingerprint density at radius 2 is 2.20 bits per heavy atom. The standard InChI is InChI=1S/C13H23N5O2/c1-18(9-5-3-4-6-10(9)19)13-7-11(17-14)15-12(16-13)8-20-2/h7,9-10,19H,3-6,8,14H2,1-2H3,(H,15,16,17). The lowest BCUT2D eigenvalue weighted by atomic mass is 9.91. The van der Waals surface area contributed by atoms with Gasteiger partial charge < -0.3 is 20.2 Å². The molecule has 0 amide bonds. The normalized spacial score (nSPS) is 22.6. The molecular formula is C13H23N5O2. The number of hydrazine groups is 1. The van der Waals surface area contributed by atoms with Gasteiger partial charge in [0.2, 0.25) is 0 Å². The highest BCUT2D eigenvalue weighted by molar-refractivity contribution is 5.49. The lowest BCUT2D eigenvalue weighted by Gasteiger charge is -2.36. The van der Waals surface area contributed by atoms with Gasteiger partial charge in [-0.05, 0) is 12.8 Å². The Labute approximate surface area is 119 Å². The Bertz CT molecular complexity index is 443. The van der Waals surface area contributed by atoms with E-state index in [4.69, 9.17) is 10.6 Å². The summed E-state index contributed by atoms with van der Waals surface area (Å²) >= 11 is 0. The van der Waals surface area contributed by atoms with Crippen LogP contribution in [0.5, 0.6) is 0 Å². The molecule has 0 spiro atoms. The van der Waals surface area contributed by atoms with Crippen molar-refractivity contribution in [2.75, 3.05) is 24.5 Å². The fraction of sp³-hybridized carbons (Fsp3) is 0.692. The Morgan fingerprint density at radius 1 is 1.45 bits per heavy atom. The monoisotopic (exact) mass is 281 g/mol. The number of hydrogen-bond donors (Lipinski definition) is 3. The zero-order valence-corrected chi connectivity index (χ0v) is 12.0. The maximum absolute atomic E-state index is 10.1. The number of anilines is 2. The van der Waals surface area contributed by atoms with Gasteiger partial charge in [-0.1, -0.05) is 12.8 Å². The second-order valence-corrected chi connectivity index (χ2v) is 5.14. The Balaban J connectivity index is 2.23. The Hall–Kier alpha value is -1.44. The van der Waals surface area contributed by atoms with Crippen LogP contribution in [0, 0.1) is 0 Å². The molecule has 112 valence electrons. The lowest BCUT2D eigenvalue weighted by molar-refractivity contribution is 0.106. The first kappa shape index (κ1) is 15.0. The van der Waals surface area contributed by atoms with E-state index in [1.54, 1.807) is 13.2 Å². The SMILES string of the molecule is COCc1nc(NN)cc(N(C)C2CCCCC2O)n1. The van der Waals surface area contributed by atoms with Crippen molar-refractivity contribution in [2.45, 2.75) is 44.4 Å². The number of ether oxygens (including phenoxy) is 1. The van der Waals surface area contributed by atoms with Crippen LogP contribution in [0.4, 0.5) is 11.6 Å². The number of aliphatic hydroxyl groups excluding tert-OH is 1. The van der Waals surface area contributed by atoms with Crippen molar-refractivity contribution in [3.05, 3.63) is 11.9 Å². The van der Waals surface area contributed by atoms with Gasteiger partial charge in [0.1, 0.15) is 18.2 Å². The number of nitrogens with two attached hydrogens (primary N) is 1. The molecule has 1 aliphatic rings. The third kappa shape index (κ3) is 3.36. The summed E-state index contributed by atoms with van der Waals surface area (Å²) in [6, 6.07) is 1.86. The summed E-state index contributed by atoms with van der Waals surface area (Å²) in [6.45, 7) is 0.323. The van der Waals surface area contributed by atoms with Crippen LogP contribution in [0.25, 0.3) is 0 Å². The van der Waals surface area contributed by atoms with E-state index < -0.39 is 0 Å². The molecule has 1 fully saturated rings. The molecule has 1 saturated carbocycles. The van der Waals surface area contributed by atoms with Crippen LogP contribution in [0.15, 0.2) is 6.07 Å². The molecule has 2 unspecified atom stereocenters. The van der Waals surface area contributed by atoms with E-state index in [-0.39, 0.29) is 12.1 Å². The van der Waals surface area contributed by atoms with E-state index in [1.165, 1.54) is 0 Å². The van der Waals surface area contributed by atoms with Crippen LogP contribution in [0.3, 0.4) is 0 Å². The van der Waals surface area contributed by atoms with Gasteiger partial charge in [0, 0.05) is 20.2 Å². The van der Waals surface area contributed by atoms with Gasteiger partial charge in [0.05, 0.1) is 12.1 Å². The summed E-state index contributed by atoms with van der Waals surface area (Å²) in [5.41, 5.74) is 2.54. The van der Waals surface area contributed by atoms with Crippen molar-refractivity contribution in [1.82, 2.24) is 9.97 Å². The second kappa shape index (κ2) is 6.83. The number of likely N-dealkylation sites (N-methyl/N-ethyl adjacent to an activating group) is 1. The maximum Gasteiger partial charge on any atom is 0.158 e. The maximum atomic E-state index is 10.1. The first-order chi connectivity index (χ1) is 9.65. The molecule has 0 saturated heterocycles. The molecule has 1 heterocycles. The first-order valence-corrected chi connectivity index (χ1v) is 6.90. The zero-order chi connectivity index (χ0) is 14.5. The molecule has 2 atom stereocenters. The summed E-state index contributed by atoms with van der Waals surface area (Å²) in [7, 11) is 3.54. The number of methoxy groups -OCH3 is 1. The molecule has 1 aliphatic carbocycles. The Kier molecular flexibility index (Phi) is 5.11. The van der Waals surface area contributed by atoms with E-state index >= 15 is 0 Å². The van der Waals surface area contributed by atoms with Gasteiger partial charge in [-0.2, -0.15) is 0 Å². The average Bonchev–Trinajstić information content (AvgIpc) is 2.47. The zero-order valence-electron chi connectivity index (χ0n) is 12.0. The molecule has 1 aromatic rings. The predicted molar refractivity (Wildman–Crippen MR) is 77.2 cm³/mol. The number of nitrogens with zero attached hydrogens (tertiary/aromatic N) is 3. The van der Waals surface area contributed by atoms with Gasteiger partial charge in [-0.25, -0.2) is 15.8 Å². The fourth-order valence-corrected chi connectivity index (χ4v) is 2.64. The number of nitrogen functional groups attached to an aromatic ring is 1. The number of aromatic nitrogens is 2. The summed E-state index contributed by atoms with van der Waals surface area (Å²) in [5.74, 6) is 7.29. The summed E-state index contributed by atoms with van der Waals surface area (Å²) in [4.78, 5) is 10.7. The number of nitrogens with one attached hydrogen (secondary N) is 1. The number of aliphatic hydroxyl groups is 1. The summed E-state index contributed by atoms with van der Waals surface area (Å²) in [6.07, 6.45) is 3.70. The van der Waals surface area contributed by atoms with E-state index in [0.717, 1.165) is 31.5 Å². The molecule has 0 radical (unpaired) electrons. The van der Waals surface area contributed by atoms with Gasteiger partial charge in [0.15, 0.2) is 5.82 Å². The van der Waals surface area contributed by atoms with Crippen molar-refractivity contribution in [3.8, 4) is 0 Å². The molecular weight excluding hydrogens is 258 g/mol. The smallest absolute Gasteiger partial charge is 0.158 e.